The Hall–Kier alpha value is -4.21. The number of hydrogen-bond donors (Lipinski definition) is 3. The summed E-state index contributed by atoms with van der Waals surface area (Å²) >= 11 is 0. The van der Waals surface area contributed by atoms with Crippen molar-refractivity contribution in [3.63, 3.8) is 0 Å². The number of nitrogens with zero attached hydrogens (tertiary/aromatic N) is 4. The van der Waals surface area contributed by atoms with Gasteiger partial charge in [0.25, 0.3) is 5.91 Å². The summed E-state index contributed by atoms with van der Waals surface area (Å²) in [5.41, 5.74) is 8.96. The second-order valence-electron chi connectivity index (χ2n) is 7.33. The summed E-state index contributed by atoms with van der Waals surface area (Å²) < 4.78 is 7.08. The SMILES string of the molecule is COc1cc2ncc3nnc(-c4ccc(NC(=O)NC5CC5)cc4)n3c2cc1C(N)=O. The lowest BCUT2D eigenvalue weighted by molar-refractivity contribution is 0.0997. The molecule has 10 heteroatoms. The number of urea groups is 1. The average Bonchev–Trinajstić information content (AvgIpc) is 3.47. The molecule has 3 amide bonds. The van der Waals surface area contributed by atoms with Crippen molar-refractivity contribution in [2.45, 2.75) is 18.9 Å². The highest BCUT2D eigenvalue weighted by atomic mass is 16.5. The first-order valence-electron chi connectivity index (χ1n) is 9.73. The van der Waals surface area contributed by atoms with Crippen molar-refractivity contribution < 1.29 is 14.3 Å². The third-order valence-electron chi connectivity index (χ3n) is 5.12. The summed E-state index contributed by atoms with van der Waals surface area (Å²) in [7, 11) is 1.47. The normalized spacial score (nSPS) is 13.3. The van der Waals surface area contributed by atoms with Crippen LogP contribution in [0.2, 0.25) is 0 Å². The standard InChI is InChI=1S/C21H19N7O3/c1-31-17-9-15-16(8-14(17)19(22)29)28-18(10-23-15)26-27-20(28)11-2-4-12(5-3-11)24-21(30)25-13-6-7-13/h2-5,8-10,13H,6-7H2,1H3,(H2,22,29)(H2,24,25,30). The fourth-order valence-corrected chi connectivity index (χ4v) is 3.42. The first-order valence-corrected chi connectivity index (χ1v) is 9.73. The molecule has 0 unspecified atom stereocenters. The second-order valence-corrected chi connectivity index (χ2v) is 7.33. The number of nitrogens with one attached hydrogen (secondary N) is 2. The maximum absolute atomic E-state index is 11.9. The van der Waals surface area contributed by atoms with Crippen LogP contribution in [0.3, 0.4) is 0 Å². The van der Waals surface area contributed by atoms with E-state index in [2.05, 4.69) is 25.8 Å². The Labute approximate surface area is 176 Å². The van der Waals surface area contributed by atoms with Gasteiger partial charge in [-0.1, -0.05) is 0 Å². The number of aromatic nitrogens is 4. The van der Waals surface area contributed by atoms with E-state index in [0.29, 0.717) is 33.9 Å². The highest BCUT2D eigenvalue weighted by molar-refractivity contribution is 6.00. The quantitative estimate of drug-likeness (QED) is 0.456. The minimum atomic E-state index is -0.606. The number of ether oxygens (including phenoxy) is 1. The Morgan fingerprint density at radius 2 is 1.94 bits per heavy atom. The minimum Gasteiger partial charge on any atom is -0.496 e. The zero-order valence-electron chi connectivity index (χ0n) is 16.6. The van der Waals surface area contributed by atoms with Gasteiger partial charge in [0, 0.05) is 23.4 Å². The van der Waals surface area contributed by atoms with Crippen molar-refractivity contribution in [2.75, 3.05) is 12.4 Å². The lowest BCUT2D eigenvalue weighted by atomic mass is 10.1. The number of carbonyl (C=O) groups is 2. The van der Waals surface area contributed by atoms with E-state index < -0.39 is 5.91 Å². The van der Waals surface area contributed by atoms with Gasteiger partial charge in [0.2, 0.25) is 0 Å². The number of methoxy groups -OCH3 is 1. The molecule has 5 rings (SSSR count). The molecule has 0 radical (unpaired) electrons. The number of hydrogen-bond acceptors (Lipinski definition) is 6. The lowest BCUT2D eigenvalue weighted by Crippen LogP contribution is -2.30. The first-order chi connectivity index (χ1) is 15.0. The number of fused-ring (bicyclic) bond motifs is 3. The summed E-state index contributed by atoms with van der Waals surface area (Å²) in [5, 5.41) is 14.2. The Morgan fingerprint density at radius 3 is 2.61 bits per heavy atom. The molecule has 31 heavy (non-hydrogen) atoms. The topological polar surface area (TPSA) is 137 Å². The molecule has 156 valence electrons. The van der Waals surface area contributed by atoms with E-state index in [1.165, 1.54) is 7.11 Å². The molecule has 1 fully saturated rings. The van der Waals surface area contributed by atoms with Gasteiger partial charge in [-0.2, -0.15) is 0 Å². The van der Waals surface area contributed by atoms with Gasteiger partial charge in [0.05, 0.1) is 29.9 Å². The zero-order valence-corrected chi connectivity index (χ0v) is 16.6. The van der Waals surface area contributed by atoms with Gasteiger partial charge in [-0.3, -0.25) is 14.2 Å². The van der Waals surface area contributed by atoms with Crippen molar-refractivity contribution in [1.82, 2.24) is 24.9 Å². The van der Waals surface area contributed by atoms with Crippen molar-refractivity contribution in [3.05, 3.63) is 48.2 Å². The highest BCUT2D eigenvalue weighted by Gasteiger charge is 2.23. The summed E-state index contributed by atoms with van der Waals surface area (Å²) in [4.78, 5) is 28.2. The number of benzene rings is 2. The van der Waals surface area contributed by atoms with Gasteiger partial charge in [-0.15, -0.1) is 10.2 Å². The predicted octanol–water partition coefficient (Wildman–Crippen LogP) is 2.34. The van der Waals surface area contributed by atoms with Gasteiger partial charge in [-0.05, 0) is 43.2 Å². The van der Waals surface area contributed by atoms with Crippen LogP contribution in [-0.4, -0.2) is 44.7 Å². The van der Waals surface area contributed by atoms with Crippen LogP contribution in [0.15, 0.2) is 42.6 Å². The molecule has 10 nitrogen and oxygen atoms in total. The Kier molecular flexibility index (Phi) is 4.39. The number of rotatable bonds is 5. The maximum atomic E-state index is 11.9. The predicted molar refractivity (Wildman–Crippen MR) is 114 cm³/mol. The number of nitrogens with two attached hydrogens (primary N) is 1. The van der Waals surface area contributed by atoms with Gasteiger partial charge in [0.1, 0.15) is 5.75 Å². The smallest absolute Gasteiger partial charge is 0.319 e. The van der Waals surface area contributed by atoms with Gasteiger partial charge in [0.15, 0.2) is 11.5 Å². The van der Waals surface area contributed by atoms with E-state index >= 15 is 0 Å². The van der Waals surface area contributed by atoms with Crippen molar-refractivity contribution in [1.29, 1.82) is 0 Å². The molecular formula is C21H19N7O3. The van der Waals surface area contributed by atoms with Crippen LogP contribution in [0.4, 0.5) is 10.5 Å². The Balaban J connectivity index is 1.55. The van der Waals surface area contributed by atoms with Crippen LogP contribution in [0.1, 0.15) is 23.2 Å². The summed E-state index contributed by atoms with van der Waals surface area (Å²) in [6.45, 7) is 0. The summed E-state index contributed by atoms with van der Waals surface area (Å²) in [6, 6.07) is 10.6. The first kappa shape index (κ1) is 18.8. The largest absolute Gasteiger partial charge is 0.496 e. The molecule has 2 heterocycles. The number of primary amides is 1. The Bertz CT molecular complexity index is 1330. The molecule has 1 aliphatic carbocycles. The molecule has 4 N–H and O–H groups in total. The maximum Gasteiger partial charge on any atom is 0.319 e. The van der Waals surface area contributed by atoms with E-state index in [1.807, 2.05) is 12.1 Å². The molecule has 0 spiro atoms. The van der Waals surface area contributed by atoms with Crippen LogP contribution >= 0.6 is 0 Å². The molecular weight excluding hydrogens is 398 g/mol. The fraction of sp³-hybridized carbons (Fsp3) is 0.190. The van der Waals surface area contributed by atoms with Gasteiger partial charge < -0.3 is 21.1 Å². The number of carbonyl (C=O) groups excluding carboxylic acids is 2. The van der Waals surface area contributed by atoms with E-state index in [1.54, 1.807) is 34.9 Å². The second kappa shape index (κ2) is 7.24. The van der Waals surface area contributed by atoms with Crippen molar-refractivity contribution >= 4 is 34.3 Å². The van der Waals surface area contributed by atoms with E-state index in [4.69, 9.17) is 10.5 Å². The van der Waals surface area contributed by atoms with Crippen LogP contribution in [0, 0.1) is 0 Å². The molecule has 0 saturated heterocycles. The Morgan fingerprint density at radius 1 is 1.16 bits per heavy atom. The van der Waals surface area contributed by atoms with Crippen LogP contribution in [0.5, 0.6) is 5.75 Å². The molecule has 0 atom stereocenters. The summed E-state index contributed by atoms with van der Waals surface area (Å²) in [5.74, 6) is 0.309. The van der Waals surface area contributed by atoms with E-state index in [0.717, 1.165) is 18.4 Å². The van der Waals surface area contributed by atoms with Crippen LogP contribution < -0.4 is 21.1 Å². The number of anilines is 1. The molecule has 4 aromatic rings. The van der Waals surface area contributed by atoms with Crippen LogP contribution in [0.25, 0.3) is 28.1 Å². The molecule has 0 bridgehead atoms. The van der Waals surface area contributed by atoms with Crippen molar-refractivity contribution in [3.8, 4) is 17.1 Å². The third kappa shape index (κ3) is 3.48. The molecule has 1 saturated carbocycles. The van der Waals surface area contributed by atoms with Gasteiger partial charge in [-0.25, -0.2) is 4.79 Å². The summed E-state index contributed by atoms with van der Waals surface area (Å²) in [6.07, 6.45) is 3.65. The fourth-order valence-electron chi connectivity index (χ4n) is 3.42. The molecule has 2 aromatic heterocycles. The van der Waals surface area contributed by atoms with Gasteiger partial charge >= 0.3 is 6.03 Å². The minimum absolute atomic E-state index is 0.215. The highest BCUT2D eigenvalue weighted by Crippen LogP contribution is 2.28. The molecule has 0 aliphatic heterocycles. The van der Waals surface area contributed by atoms with E-state index in [-0.39, 0.29) is 17.6 Å². The zero-order chi connectivity index (χ0) is 21.5. The number of amides is 3. The third-order valence-corrected chi connectivity index (χ3v) is 5.12. The molecule has 1 aliphatic rings. The van der Waals surface area contributed by atoms with E-state index in [9.17, 15) is 9.59 Å². The monoisotopic (exact) mass is 417 g/mol. The lowest BCUT2D eigenvalue weighted by Gasteiger charge is -2.10. The average molecular weight is 417 g/mol. The molecule has 2 aromatic carbocycles. The van der Waals surface area contributed by atoms with Crippen LogP contribution in [-0.2, 0) is 0 Å². The van der Waals surface area contributed by atoms with Crippen molar-refractivity contribution in [2.24, 2.45) is 5.73 Å².